The smallest absolute Gasteiger partial charge is 0.285 e. The van der Waals surface area contributed by atoms with Crippen LogP contribution in [0.5, 0.6) is 11.6 Å². The average molecular weight is 764 g/mol. The summed E-state index contributed by atoms with van der Waals surface area (Å²) >= 11 is 6.47. The van der Waals surface area contributed by atoms with E-state index in [9.17, 15) is 13.8 Å². The van der Waals surface area contributed by atoms with Crippen LogP contribution in [0.3, 0.4) is 0 Å². The van der Waals surface area contributed by atoms with Crippen molar-refractivity contribution in [1.82, 2.24) is 15.1 Å². The summed E-state index contributed by atoms with van der Waals surface area (Å²) in [6.45, 7) is 4.28. The van der Waals surface area contributed by atoms with Gasteiger partial charge in [-0.3, -0.25) is 18.5 Å². The highest BCUT2D eigenvalue weighted by molar-refractivity contribution is 7.76. The van der Waals surface area contributed by atoms with Gasteiger partial charge in [-0.15, -0.1) is 5.10 Å². The maximum Gasteiger partial charge on any atom is 0.285 e. The third-order valence-electron chi connectivity index (χ3n) is 11.1. The minimum Gasteiger partial charge on any atom is -0.491 e. The van der Waals surface area contributed by atoms with Crippen LogP contribution in [0, 0.1) is 23.7 Å². The number of nitrogens with one attached hydrogen (secondary N) is 1. The number of anilines is 1. The molecule has 53 heavy (non-hydrogen) atoms. The van der Waals surface area contributed by atoms with Crippen molar-refractivity contribution >= 4 is 39.7 Å². The number of carbonyl (C=O) groups is 2. The molecule has 0 saturated heterocycles. The SMILES string of the molecule is CO[C@H]1/C=C/C[C@H](C)C(NC(=O)c2cn(C)nc2OCC2CC2)/[SH](=O)=N\C(=O)c2ccc3c(c2)N(Cc2ccc(Cl)cc2CCCCO3)C[C@@H]2CC[C@H]21. The summed E-state index contributed by atoms with van der Waals surface area (Å²) in [6, 6.07) is 11.4. The first-order valence-corrected chi connectivity index (χ1v) is 20.5. The number of aromatic nitrogens is 2. The van der Waals surface area contributed by atoms with E-state index in [-0.39, 0.29) is 23.5 Å². The van der Waals surface area contributed by atoms with Crippen LogP contribution in [0.15, 0.2) is 59.1 Å². The molecule has 3 heterocycles. The molecule has 4 aliphatic rings. The molecule has 11 nitrogen and oxygen atoms in total. The number of hydrogen-bond donors (Lipinski definition) is 2. The zero-order valence-electron chi connectivity index (χ0n) is 30.7. The molecule has 2 amide bonds. The molecule has 0 radical (unpaired) electrons. The van der Waals surface area contributed by atoms with Gasteiger partial charge in [0.1, 0.15) is 16.7 Å². The number of fused-ring (bicyclic) bond motifs is 3. The van der Waals surface area contributed by atoms with Gasteiger partial charge in [0.25, 0.3) is 11.8 Å². The van der Waals surface area contributed by atoms with E-state index in [0.717, 1.165) is 57.2 Å². The molecule has 6 atom stereocenters. The molecule has 7 rings (SSSR count). The molecule has 2 unspecified atom stereocenters. The number of nitrogens with zero attached hydrogens (tertiary/aromatic N) is 4. The Morgan fingerprint density at radius 3 is 2.74 bits per heavy atom. The van der Waals surface area contributed by atoms with Gasteiger partial charge >= 0.3 is 0 Å². The molecular weight excluding hydrogens is 714 g/mol. The Labute approximate surface area is 318 Å². The van der Waals surface area contributed by atoms with E-state index in [4.69, 9.17) is 25.8 Å². The first-order valence-electron chi connectivity index (χ1n) is 18.8. The number of hydrogen-bond acceptors (Lipinski definition) is 8. The van der Waals surface area contributed by atoms with Crippen molar-refractivity contribution in [2.45, 2.75) is 76.3 Å². The molecule has 0 spiro atoms. The molecule has 2 saturated carbocycles. The second-order valence-electron chi connectivity index (χ2n) is 15.0. The molecule has 2 aliphatic carbocycles. The number of halogens is 1. The van der Waals surface area contributed by atoms with Gasteiger partial charge in [0, 0.05) is 44.0 Å². The lowest BCUT2D eigenvalue weighted by molar-refractivity contribution is 0.0133. The minimum atomic E-state index is -2.59. The Balaban J connectivity index is 1.25. The number of aryl methyl sites for hydroxylation is 2. The van der Waals surface area contributed by atoms with E-state index in [1.54, 1.807) is 26.4 Å². The molecule has 1 N–H and O–H groups in total. The molecule has 13 heteroatoms. The summed E-state index contributed by atoms with van der Waals surface area (Å²) in [6.07, 6.45) is 13.1. The summed E-state index contributed by atoms with van der Waals surface area (Å²) in [4.78, 5) is 30.0. The topological polar surface area (TPSA) is 124 Å². The maximum atomic E-state index is 14.1. The third-order valence-corrected chi connectivity index (χ3v) is 12.8. The van der Waals surface area contributed by atoms with Crippen LogP contribution in [0.25, 0.3) is 0 Å². The van der Waals surface area contributed by atoms with Gasteiger partial charge in [-0.1, -0.05) is 36.7 Å². The van der Waals surface area contributed by atoms with Crippen molar-refractivity contribution in [2.24, 2.45) is 35.1 Å². The molecule has 2 fully saturated rings. The number of ether oxygens (including phenoxy) is 3. The van der Waals surface area contributed by atoms with E-state index in [1.807, 2.05) is 31.2 Å². The quantitative estimate of drug-likeness (QED) is 0.208. The van der Waals surface area contributed by atoms with Crippen molar-refractivity contribution in [2.75, 3.05) is 31.8 Å². The van der Waals surface area contributed by atoms with Gasteiger partial charge < -0.3 is 24.4 Å². The van der Waals surface area contributed by atoms with Crippen LogP contribution in [-0.4, -0.2) is 64.1 Å². The first kappa shape index (κ1) is 37.4. The molecule has 2 aromatic carbocycles. The van der Waals surface area contributed by atoms with Crippen LogP contribution >= 0.6 is 11.6 Å². The van der Waals surface area contributed by atoms with Crippen molar-refractivity contribution in [3.8, 4) is 11.6 Å². The van der Waals surface area contributed by atoms with E-state index < -0.39 is 27.8 Å². The monoisotopic (exact) mass is 763 g/mol. The highest BCUT2D eigenvalue weighted by Crippen LogP contribution is 2.42. The standard InChI is InChI=1S/C40H50ClN5O6S/c1-25-7-6-9-35(50-3)32-16-13-30(32)22-46-21-29-12-15-31(41)19-27(29)8-4-5-18-51-36-17-14-28(20-34(36)46)37(47)44-53(49)40(25)42-38(48)33-23-45(2)43-39(33)52-24-26-10-11-26/h6,9,12,14-15,17,19-20,23,25-26,30,32,35,40,53H,4-5,7-8,10-11,13,16,18,21-22,24H2,1-3H3,(H,42,48)/b9-6+/t25-,30-,32+,35-,40?/m0/s1. The molecule has 284 valence electrons. The minimum absolute atomic E-state index is 0.111. The molecular formula is C40H50ClN5O6S. The van der Waals surface area contributed by atoms with Crippen LogP contribution in [0.1, 0.15) is 83.7 Å². The summed E-state index contributed by atoms with van der Waals surface area (Å²) < 4.78 is 38.2. The number of carbonyl (C=O) groups excluding carboxylic acids is 2. The highest BCUT2D eigenvalue weighted by Gasteiger charge is 2.38. The fourth-order valence-electron chi connectivity index (χ4n) is 7.59. The average Bonchev–Trinajstić information content (AvgIpc) is 3.89. The zero-order chi connectivity index (χ0) is 37.1. The Bertz CT molecular complexity index is 1940. The molecule has 2 aliphatic heterocycles. The summed E-state index contributed by atoms with van der Waals surface area (Å²) in [7, 11) is 0.882. The van der Waals surface area contributed by atoms with Crippen molar-refractivity contribution in [3.63, 3.8) is 0 Å². The number of allylic oxidation sites excluding steroid dienone is 1. The number of amides is 2. The number of methoxy groups -OCH3 is 1. The molecule has 1 aromatic heterocycles. The predicted octanol–water partition coefficient (Wildman–Crippen LogP) is 6.78. The van der Waals surface area contributed by atoms with Crippen molar-refractivity contribution in [1.29, 1.82) is 0 Å². The van der Waals surface area contributed by atoms with Crippen LogP contribution in [-0.2, 0) is 35.3 Å². The van der Waals surface area contributed by atoms with E-state index >= 15 is 0 Å². The third kappa shape index (κ3) is 8.92. The van der Waals surface area contributed by atoms with Gasteiger partial charge in [-0.25, -0.2) is 0 Å². The van der Waals surface area contributed by atoms with Crippen LogP contribution in [0.2, 0.25) is 5.02 Å². The van der Waals surface area contributed by atoms with Gasteiger partial charge in [0.2, 0.25) is 5.88 Å². The summed E-state index contributed by atoms with van der Waals surface area (Å²) in [5.41, 5.74) is 3.74. The van der Waals surface area contributed by atoms with Crippen molar-refractivity contribution in [3.05, 3.63) is 82.0 Å². The lowest BCUT2D eigenvalue weighted by Gasteiger charge is -2.43. The molecule has 2 bridgehead atoms. The number of rotatable bonds is 6. The van der Waals surface area contributed by atoms with Gasteiger partial charge in [-0.05, 0) is 116 Å². The maximum absolute atomic E-state index is 14.1. The Morgan fingerprint density at radius 2 is 1.96 bits per heavy atom. The lowest BCUT2D eigenvalue weighted by Crippen LogP contribution is -2.43. The Hall–Kier alpha value is -3.87. The number of thiol groups is 1. The highest BCUT2D eigenvalue weighted by atomic mass is 35.5. The fraction of sp³-hybridized carbons (Fsp3) is 0.525. The van der Waals surface area contributed by atoms with E-state index in [2.05, 4.69) is 37.9 Å². The van der Waals surface area contributed by atoms with Gasteiger partial charge in [-0.2, -0.15) is 4.36 Å². The largest absolute Gasteiger partial charge is 0.491 e. The first-order chi connectivity index (χ1) is 25.7. The van der Waals surface area contributed by atoms with E-state index in [1.165, 1.54) is 15.8 Å². The second-order valence-corrected chi connectivity index (χ2v) is 16.8. The van der Waals surface area contributed by atoms with Gasteiger partial charge in [0.05, 0.1) is 35.6 Å². The van der Waals surface area contributed by atoms with Gasteiger partial charge in [0.15, 0.2) is 0 Å². The predicted molar refractivity (Wildman–Crippen MR) is 206 cm³/mol. The normalized spacial score (nSPS) is 27.4. The Kier molecular flexibility index (Phi) is 11.8. The van der Waals surface area contributed by atoms with E-state index in [0.29, 0.717) is 60.3 Å². The van der Waals surface area contributed by atoms with Crippen molar-refractivity contribution < 1.29 is 28.0 Å². The van der Waals surface area contributed by atoms with Crippen LogP contribution in [0.4, 0.5) is 5.69 Å². The zero-order valence-corrected chi connectivity index (χ0v) is 32.4. The summed E-state index contributed by atoms with van der Waals surface area (Å²) in [5.74, 6) is 0.620. The Morgan fingerprint density at radius 1 is 1.11 bits per heavy atom. The summed E-state index contributed by atoms with van der Waals surface area (Å²) in [5, 5.41) is 7.08. The molecule has 3 aromatic rings. The lowest BCUT2D eigenvalue weighted by atomic mass is 9.70. The fourth-order valence-corrected chi connectivity index (χ4v) is 8.99. The number of benzene rings is 2. The second kappa shape index (κ2) is 16.7. The van der Waals surface area contributed by atoms with Crippen LogP contribution < -0.4 is 19.7 Å².